The number of phenolic OH excluding ortho intramolecular Hbond substituents is 1. The zero-order valence-electron chi connectivity index (χ0n) is 23.8. The molecule has 1 aromatic rings. The number of aliphatic hydroxyl groups is 1. The Kier molecular flexibility index (Phi) is 12.7. The lowest BCUT2D eigenvalue weighted by Gasteiger charge is -2.27. The topological polar surface area (TPSA) is 249 Å². The predicted octanol–water partition coefficient (Wildman–Crippen LogP) is -2.38. The van der Waals surface area contributed by atoms with Crippen LogP contribution in [-0.4, -0.2) is 93.7 Å². The second-order valence-electron chi connectivity index (χ2n) is 10.6. The molecule has 6 atom stereocenters. The molecule has 10 N–H and O–H groups in total. The Bertz CT molecular complexity index is 1140. The van der Waals surface area contributed by atoms with Crippen molar-refractivity contribution in [2.24, 2.45) is 11.7 Å². The molecule has 0 spiro atoms. The standard InChI is InChI=1S/C27H40N6O9/c1-13(2)21(32-23(37)17-5-4-10-29-17)26(40)31-19(12-20(28)36)24(38)30-18(11-15-6-8-16(35)9-7-15)25(39)33-22(14(3)34)27(41)42/h6-9,13-14,17-19,21-22,29,34-35H,4-5,10-12H2,1-3H3,(H2,28,36)(H,30,38)(H,31,40)(H,32,37)(H,33,39)(H,41,42)/t14-,17+,18+,19+,21+,22+/m1/s1. The van der Waals surface area contributed by atoms with Gasteiger partial charge in [0.05, 0.1) is 18.6 Å². The van der Waals surface area contributed by atoms with Crippen LogP contribution < -0.4 is 32.3 Å². The molecule has 15 heteroatoms. The van der Waals surface area contributed by atoms with E-state index in [9.17, 15) is 44.1 Å². The zero-order valence-corrected chi connectivity index (χ0v) is 23.8. The van der Waals surface area contributed by atoms with Crippen LogP contribution in [0.1, 0.15) is 45.6 Å². The van der Waals surface area contributed by atoms with Gasteiger partial charge in [-0.3, -0.25) is 24.0 Å². The summed E-state index contributed by atoms with van der Waals surface area (Å²) >= 11 is 0. The van der Waals surface area contributed by atoms with Gasteiger partial charge in [0.15, 0.2) is 6.04 Å². The van der Waals surface area contributed by atoms with Crippen molar-refractivity contribution in [2.45, 2.75) is 82.8 Å². The van der Waals surface area contributed by atoms with Crippen molar-refractivity contribution in [1.82, 2.24) is 26.6 Å². The molecule has 1 saturated heterocycles. The van der Waals surface area contributed by atoms with E-state index in [0.717, 1.165) is 13.3 Å². The predicted molar refractivity (Wildman–Crippen MR) is 149 cm³/mol. The molecule has 0 radical (unpaired) electrons. The fourth-order valence-electron chi connectivity index (χ4n) is 4.36. The molecule has 1 aromatic carbocycles. The fourth-order valence-corrected chi connectivity index (χ4v) is 4.36. The van der Waals surface area contributed by atoms with Crippen LogP contribution in [0, 0.1) is 5.92 Å². The number of carbonyl (C=O) groups excluding carboxylic acids is 5. The molecule has 1 aliphatic heterocycles. The first-order chi connectivity index (χ1) is 19.7. The monoisotopic (exact) mass is 592 g/mol. The average Bonchev–Trinajstić information content (AvgIpc) is 3.45. The summed E-state index contributed by atoms with van der Waals surface area (Å²) in [5, 5.41) is 41.5. The van der Waals surface area contributed by atoms with Gasteiger partial charge in [-0.2, -0.15) is 0 Å². The number of nitrogens with two attached hydrogens (primary N) is 1. The van der Waals surface area contributed by atoms with E-state index in [-0.39, 0.29) is 18.1 Å². The normalized spacial score (nSPS) is 18.2. The molecule has 0 unspecified atom stereocenters. The van der Waals surface area contributed by atoms with E-state index >= 15 is 0 Å². The molecule has 5 amide bonds. The number of hydrogen-bond acceptors (Lipinski definition) is 9. The molecule has 1 fully saturated rings. The second kappa shape index (κ2) is 15.7. The summed E-state index contributed by atoms with van der Waals surface area (Å²) in [4.78, 5) is 75.6. The molecule has 0 aliphatic carbocycles. The van der Waals surface area contributed by atoms with Crippen LogP contribution in [0.25, 0.3) is 0 Å². The minimum Gasteiger partial charge on any atom is -0.508 e. The Labute approximate surface area is 243 Å². The van der Waals surface area contributed by atoms with Crippen molar-refractivity contribution in [2.75, 3.05) is 6.54 Å². The minimum atomic E-state index is -1.69. The van der Waals surface area contributed by atoms with Crippen LogP contribution in [0.15, 0.2) is 24.3 Å². The number of carbonyl (C=O) groups is 6. The molecule has 2 rings (SSSR count). The van der Waals surface area contributed by atoms with Gasteiger partial charge in [0.2, 0.25) is 29.5 Å². The Morgan fingerprint density at radius 3 is 2.00 bits per heavy atom. The number of benzene rings is 1. The highest BCUT2D eigenvalue weighted by Gasteiger charge is 2.35. The third-order valence-electron chi connectivity index (χ3n) is 6.72. The number of carboxylic acids is 1. The van der Waals surface area contributed by atoms with Gasteiger partial charge in [0.25, 0.3) is 0 Å². The van der Waals surface area contributed by atoms with Crippen molar-refractivity contribution in [3.05, 3.63) is 29.8 Å². The average molecular weight is 593 g/mol. The first-order valence-electron chi connectivity index (χ1n) is 13.6. The van der Waals surface area contributed by atoms with Crippen LogP contribution >= 0.6 is 0 Å². The highest BCUT2D eigenvalue weighted by molar-refractivity contribution is 5.97. The van der Waals surface area contributed by atoms with Crippen LogP contribution in [-0.2, 0) is 35.2 Å². The highest BCUT2D eigenvalue weighted by atomic mass is 16.4. The molecule has 15 nitrogen and oxygen atoms in total. The maximum absolute atomic E-state index is 13.3. The van der Waals surface area contributed by atoms with E-state index in [2.05, 4.69) is 26.6 Å². The summed E-state index contributed by atoms with van der Waals surface area (Å²) in [5.41, 5.74) is 5.79. The van der Waals surface area contributed by atoms with Crippen LogP contribution in [0.2, 0.25) is 0 Å². The molecule has 0 saturated carbocycles. The summed E-state index contributed by atoms with van der Waals surface area (Å²) in [7, 11) is 0. The fraction of sp³-hybridized carbons (Fsp3) is 0.556. The Balaban J connectivity index is 2.26. The molecular formula is C27H40N6O9. The van der Waals surface area contributed by atoms with E-state index < -0.39 is 78.2 Å². The van der Waals surface area contributed by atoms with E-state index in [1.807, 2.05) is 0 Å². The number of aliphatic hydroxyl groups excluding tert-OH is 1. The minimum absolute atomic E-state index is 0.0522. The SMILES string of the molecule is CC(C)[C@H](NC(=O)[C@@H]1CCCN1)C(=O)N[C@@H](CC(N)=O)C(=O)N[C@@H](Cc1ccc(O)cc1)C(=O)N[C@H](C(=O)O)[C@@H](C)O. The van der Waals surface area contributed by atoms with Crippen molar-refractivity contribution < 1.29 is 44.1 Å². The number of amides is 5. The number of aromatic hydroxyl groups is 1. The largest absolute Gasteiger partial charge is 0.508 e. The van der Waals surface area contributed by atoms with Gasteiger partial charge in [-0.25, -0.2) is 4.79 Å². The molecular weight excluding hydrogens is 552 g/mol. The number of phenols is 1. The molecule has 0 bridgehead atoms. The molecule has 232 valence electrons. The molecule has 1 heterocycles. The van der Waals surface area contributed by atoms with Crippen LogP contribution in [0.4, 0.5) is 0 Å². The third kappa shape index (κ3) is 10.3. The smallest absolute Gasteiger partial charge is 0.328 e. The summed E-state index contributed by atoms with van der Waals surface area (Å²) in [6, 6.07) is -0.530. The summed E-state index contributed by atoms with van der Waals surface area (Å²) in [6.07, 6.45) is -0.880. The van der Waals surface area contributed by atoms with Crippen molar-refractivity contribution in [1.29, 1.82) is 0 Å². The number of carboxylic acid groups (broad SMARTS) is 1. The third-order valence-corrected chi connectivity index (χ3v) is 6.72. The van der Waals surface area contributed by atoms with Crippen molar-refractivity contribution >= 4 is 35.5 Å². The first kappa shape index (κ1) is 34.0. The van der Waals surface area contributed by atoms with Crippen LogP contribution in [0.3, 0.4) is 0 Å². The van der Waals surface area contributed by atoms with E-state index in [1.165, 1.54) is 24.3 Å². The van der Waals surface area contributed by atoms with Gasteiger partial charge in [-0.15, -0.1) is 0 Å². The lowest BCUT2D eigenvalue weighted by molar-refractivity contribution is -0.145. The highest BCUT2D eigenvalue weighted by Crippen LogP contribution is 2.13. The van der Waals surface area contributed by atoms with Gasteiger partial charge in [-0.05, 0) is 49.9 Å². The second-order valence-corrected chi connectivity index (χ2v) is 10.6. The maximum Gasteiger partial charge on any atom is 0.328 e. The van der Waals surface area contributed by atoms with E-state index in [0.29, 0.717) is 18.5 Å². The zero-order chi connectivity index (χ0) is 31.6. The van der Waals surface area contributed by atoms with Gasteiger partial charge < -0.3 is 47.6 Å². The molecule has 1 aliphatic rings. The number of hydrogen-bond donors (Lipinski definition) is 9. The summed E-state index contributed by atoms with van der Waals surface area (Å²) in [5.74, 6) is -5.97. The van der Waals surface area contributed by atoms with Crippen molar-refractivity contribution in [3.8, 4) is 5.75 Å². The number of nitrogens with one attached hydrogen (secondary N) is 5. The van der Waals surface area contributed by atoms with Gasteiger partial charge in [0, 0.05) is 6.42 Å². The maximum atomic E-state index is 13.3. The van der Waals surface area contributed by atoms with E-state index in [1.54, 1.807) is 13.8 Å². The Hall–Kier alpha value is -4.24. The summed E-state index contributed by atoms with van der Waals surface area (Å²) in [6.45, 7) is 5.21. The Morgan fingerprint density at radius 2 is 1.50 bits per heavy atom. The lowest BCUT2D eigenvalue weighted by Crippen LogP contribution is -2.60. The molecule has 0 aromatic heterocycles. The van der Waals surface area contributed by atoms with Crippen molar-refractivity contribution in [3.63, 3.8) is 0 Å². The number of primary amides is 1. The first-order valence-corrected chi connectivity index (χ1v) is 13.6. The van der Waals surface area contributed by atoms with Gasteiger partial charge in [0.1, 0.15) is 23.9 Å². The lowest BCUT2D eigenvalue weighted by atomic mass is 10.0. The van der Waals surface area contributed by atoms with E-state index in [4.69, 9.17) is 5.73 Å². The van der Waals surface area contributed by atoms with Gasteiger partial charge >= 0.3 is 5.97 Å². The summed E-state index contributed by atoms with van der Waals surface area (Å²) < 4.78 is 0. The Morgan fingerprint density at radius 1 is 0.905 bits per heavy atom. The number of aliphatic carboxylic acids is 1. The van der Waals surface area contributed by atoms with Gasteiger partial charge in [-0.1, -0.05) is 26.0 Å². The van der Waals surface area contributed by atoms with Crippen LogP contribution in [0.5, 0.6) is 5.75 Å². The quantitative estimate of drug-likeness (QED) is 0.105. The molecule has 42 heavy (non-hydrogen) atoms. The number of rotatable bonds is 15.